The van der Waals surface area contributed by atoms with Gasteiger partial charge in [-0.25, -0.2) is 0 Å². The molecule has 4 rings (SSSR count). The van der Waals surface area contributed by atoms with Crippen molar-refractivity contribution < 1.29 is 9.59 Å². The van der Waals surface area contributed by atoms with Crippen molar-refractivity contribution in [2.24, 2.45) is 0 Å². The first-order chi connectivity index (χ1) is 11.9. The van der Waals surface area contributed by atoms with Crippen LogP contribution in [0.15, 0.2) is 48.5 Å². The quantitative estimate of drug-likeness (QED) is 0.715. The topological polar surface area (TPSA) is 37.4 Å². The van der Waals surface area contributed by atoms with Gasteiger partial charge in [0.2, 0.25) is 0 Å². The standard InChI is InChI=1S/C21H21NO2S/c1-21(2,3)25-18-12-17(13-8-4-5-9-14(13)18)22-19(23)15-10-6-7-11-16(15)20(22)24/h4-11,17-18H,12H2,1-3H3/t17-,18-/m0/s1. The molecule has 0 unspecified atom stereocenters. The molecule has 0 saturated carbocycles. The molecule has 1 aliphatic carbocycles. The summed E-state index contributed by atoms with van der Waals surface area (Å²) in [5.74, 6) is -0.330. The van der Waals surface area contributed by atoms with Crippen molar-refractivity contribution in [3.05, 3.63) is 70.8 Å². The van der Waals surface area contributed by atoms with Gasteiger partial charge in [-0.3, -0.25) is 14.5 Å². The maximum atomic E-state index is 12.9. The summed E-state index contributed by atoms with van der Waals surface area (Å²) in [5, 5.41) is 0.297. The number of rotatable bonds is 2. The molecule has 0 fully saturated rings. The van der Waals surface area contributed by atoms with Crippen LogP contribution in [0.25, 0.3) is 0 Å². The number of nitrogens with zero attached hydrogens (tertiary/aromatic N) is 1. The van der Waals surface area contributed by atoms with Crippen molar-refractivity contribution in [1.82, 2.24) is 4.90 Å². The minimum absolute atomic E-state index is 0.120. The highest BCUT2D eigenvalue weighted by Crippen LogP contribution is 2.53. The lowest BCUT2D eigenvalue weighted by atomic mass is 10.1. The van der Waals surface area contributed by atoms with E-state index in [0.717, 1.165) is 12.0 Å². The van der Waals surface area contributed by atoms with E-state index in [1.165, 1.54) is 10.5 Å². The summed E-state index contributed by atoms with van der Waals surface area (Å²) < 4.78 is 0.120. The molecule has 2 aliphatic rings. The van der Waals surface area contributed by atoms with Gasteiger partial charge in [-0.2, -0.15) is 0 Å². The maximum absolute atomic E-state index is 12.9. The van der Waals surface area contributed by atoms with Crippen LogP contribution in [-0.4, -0.2) is 21.5 Å². The lowest BCUT2D eigenvalue weighted by Gasteiger charge is -2.25. The normalized spacial score (nSPS) is 22.3. The Balaban J connectivity index is 1.73. The van der Waals surface area contributed by atoms with Crippen LogP contribution in [0.3, 0.4) is 0 Å². The van der Waals surface area contributed by atoms with Crippen molar-refractivity contribution in [2.45, 2.75) is 43.2 Å². The van der Waals surface area contributed by atoms with E-state index in [-0.39, 0.29) is 22.6 Å². The second kappa shape index (κ2) is 5.73. The van der Waals surface area contributed by atoms with Crippen LogP contribution < -0.4 is 0 Å². The van der Waals surface area contributed by atoms with Crippen molar-refractivity contribution in [2.75, 3.05) is 0 Å². The van der Waals surface area contributed by atoms with Crippen LogP contribution in [0.4, 0.5) is 0 Å². The number of carbonyl (C=O) groups is 2. The molecule has 0 aromatic heterocycles. The number of benzene rings is 2. The first-order valence-electron chi connectivity index (χ1n) is 8.60. The molecule has 2 aromatic carbocycles. The zero-order valence-electron chi connectivity index (χ0n) is 14.7. The Bertz CT molecular complexity index is 833. The third-order valence-corrected chi connectivity index (χ3v) is 6.21. The van der Waals surface area contributed by atoms with E-state index in [9.17, 15) is 9.59 Å². The molecule has 0 bridgehead atoms. The van der Waals surface area contributed by atoms with Crippen molar-refractivity contribution in [3.63, 3.8) is 0 Å². The molecule has 2 aromatic rings. The van der Waals surface area contributed by atoms with Gasteiger partial charge in [-0.05, 0) is 29.7 Å². The van der Waals surface area contributed by atoms with Gasteiger partial charge in [0.1, 0.15) is 0 Å². The van der Waals surface area contributed by atoms with Crippen molar-refractivity contribution >= 4 is 23.6 Å². The van der Waals surface area contributed by atoms with E-state index in [0.29, 0.717) is 16.4 Å². The van der Waals surface area contributed by atoms with Crippen LogP contribution in [0.2, 0.25) is 0 Å². The third kappa shape index (κ3) is 2.69. The predicted octanol–water partition coefficient (Wildman–Crippen LogP) is 5.00. The van der Waals surface area contributed by atoms with Crippen LogP contribution >= 0.6 is 11.8 Å². The number of imide groups is 1. The number of amides is 2. The van der Waals surface area contributed by atoms with E-state index in [1.54, 1.807) is 12.1 Å². The van der Waals surface area contributed by atoms with Crippen molar-refractivity contribution in [1.29, 1.82) is 0 Å². The fraction of sp³-hybridized carbons (Fsp3) is 0.333. The first-order valence-corrected chi connectivity index (χ1v) is 9.48. The Kier molecular flexibility index (Phi) is 3.76. The smallest absolute Gasteiger partial charge is 0.262 e. The molecular weight excluding hydrogens is 330 g/mol. The summed E-state index contributed by atoms with van der Waals surface area (Å²) >= 11 is 1.91. The lowest BCUT2D eigenvalue weighted by Crippen LogP contribution is -2.33. The Hall–Kier alpha value is -2.07. The molecule has 2 atom stereocenters. The van der Waals surface area contributed by atoms with E-state index in [4.69, 9.17) is 0 Å². The molecule has 2 amide bonds. The number of thioether (sulfide) groups is 1. The molecule has 0 saturated heterocycles. The fourth-order valence-corrected chi connectivity index (χ4v) is 5.31. The highest BCUT2D eigenvalue weighted by atomic mass is 32.2. The highest BCUT2D eigenvalue weighted by molar-refractivity contribution is 8.00. The van der Waals surface area contributed by atoms with Gasteiger partial charge in [0, 0.05) is 10.00 Å². The Morgan fingerprint density at radius 2 is 1.40 bits per heavy atom. The van der Waals surface area contributed by atoms with Crippen LogP contribution in [-0.2, 0) is 0 Å². The molecule has 3 nitrogen and oxygen atoms in total. The monoisotopic (exact) mass is 351 g/mol. The van der Waals surface area contributed by atoms with Gasteiger partial charge in [0.15, 0.2) is 0 Å². The van der Waals surface area contributed by atoms with Gasteiger partial charge in [0.25, 0.3) is 11.8 Å². The molecule has 0 N–H and O–H groups in total. The molecule has 4 heteroatoms. The number of fused-ring (bicyclic) bond motifs is 2. The van der Waals surface area contributed by atoms with Gasteiger partial charge >= 0.3 is 0 Å². The average Bonchev–Trinajstić information content (AvgIpc) is 3.03. The highest BCUT2D eigenvalue weighted by Gasteiger charge is 2.45. The SMILES string of the molecule is CC(C)(C)S[C@H]1C[C@H](N2C(=O)c3ccccc3C2=O)c2ccccc21. The lowest BCUT2D eigenvalue weighted by molar-refractivity contribution is 0.0582. The molecule has 1 aliphatic heterocycles. The van der Waals surface area contributed by atoms with E-state index in [1.807, 2.05) is 36.0 Å². The molecule has 128 valence electrons. The van der Waals surface area contributed by atoms with E-state index >= 15 is 0 Å². The molecule has 1 heterocycles. The zero-order valence-corrected chi connectivity index (χ0v) is 15.5. The van der Waals surface area contributed by atoms with Crippen molar-refractivity contribution in [3.8, 4) is 0 Å². The summed E-state index contributed by atoms with van der Waals surface area (Å²) in [6.07, 6.45) is 0.784. The minimum atomic E-state index is -0.177. The predicted molar refractivity (Wildman–Crippen MR) is 101 cm³/mol. The number of hydrogen-bond acceptors (Lipinski definition) is 3. The van der Waals surface area contributed by atoms with Crippen LogP contribution in [0.1, 0.15) is 70.3 Å². The fourth-order valence-electron chi connectivity index (χ4n) is 3.84. The van der Waals surface area contributed by atoms with Gasteiger partial charge < -0.3 is 0 Å². The number of carbonyl (C=O) groups excluding carboxylic acids is 2. The summed E-state index contributed by atoms with van der Waals surface area (Å²) in [4.78, 5) is 27.3. The zero-order chi connectivity index (χ0) is 17.8. The average molecular weight is 351 g/mol. The summed E-state index contributed by atoms with van der Waals surface area (Å²) in [6, 6.07) is 15.2. The second-order valence-corrected chi connectivity index (χ2v) is 9.65. The van der Waals surface area contributed by atoms with Gasteiger partial charge in [-0.1, -0.05) is 57.2 Å². The van der Waals surface area contributed by atoms with Gasteiger partial charge in [-0.15, -0.1) is 11.8 Å². The van der Waals surface area contributed by atoms with Crippen LogP contribution in [0.5, 0.6) is 0 Å². The molecule has 25 heavy (non-hydrogen) atoms. The largest absolute Gasteiger partial charge is 0.269 e. The summed E-state index contributed by atoms with van der Waals surface area (Å²) in [7, 11) is 0. The van der Waals surface area contributed by atoms with Crippen LogP contribution in [0, 0.1) is 0 Å². The maximum Gasteiger partial charge on any atom is 0.262 e. The van der Waals surface area contributed by atoms with Gasteiger partial charge in [0.05, 0.1) is 17.2 Å². The minimum Gasteiger partial charge on any atom is -0.269 e. The summed E-state index contributed by atoms with van der Waals surface area (Å²) in [5.41, 5.74) is 3.41. The Labute approximate surface area is 152 Å². The third-order valence-electron chi connectivity index (χ3n) is 4.77. The van der Waals surface area contributed by atoms with E-state index < -0.39 is 0 Å². The molecular formula is C21H21NO2S. The molecule has 0 radical (unpaired) electrons. The van der Waals surface area contributed by atoms with E-state index in [2.05, 4.69) is 32.9 Å². The first kappa shape index (κ1) is 16.4. The second-order valence-electron chi connectivity index (χ2n) is 7.63. The summed E-state index contributed by atoms with van der Waals surface area (Å²) in [6.45, 7) is 6.61. The number of hydrogen-bond donors (Lipinski definition) is 0. The Morgan fingerprint density at radius 3 is 1.96 bits per heavy atom. The molecule has 0 spiro atoms. The Morgan fingerprint density at radius 1 is 0.880 bits per heavy atom.